The van der Waals surface area contributed by atoms with E-state index in [4.69, 9.17) is 9.40 Å². The molecule has 0 N–H and O–H groups in total. The van der Waals surface area contributed by atoms with Gasteiger partial charge in [-0.3, -0.25) is 4.98 Å². The molecule has 0 radical (unpaired) electrons. The molecule has 0 atom stereocenters. The number of hydrogen-bond donors (Lipinski definition) is 0. The molecule has 0 spiro atoms. The molecular weight excluding hydrogens is 378 g/mol. The van der Waals surface area contributed by atoms with E-state index in [1.54, 1.807) is 0 Å². The highest BCUT2D eigenvalue weighted by atomic mass is 16.3. The van der Waals surface area contributed by atoms with Crippen molar-refractivity contribution < 1.29 is 4.42 Å². The topological polar surface area (TPSA) is 26.0 Å². The summed E-state index contributed by atoms with van der Waals surface area (Å²) in [6.07, 6.45) is 2.03. The second kappa shape index (κ2) is 5.97. The maximum Gasteiger partial charge on any atom is 0.139 e. The standard InChI is InChI=1S/C29H27NO/c1-15(2)19-11-12-22-24-23-20(10-8-17(4)27(23)31-28(19)24)26-25(29(22,5)6)21-13-16(3)7-9-18(21)14-30-26/h7-15H,1-6H3. The number of pyridine rings is 1. The van der Waals surface area contributed by atoms with E-state index in [-0.39, 0.29) is 5.41 Å². The molecule has 6 rings (SSSR count). The highest BCUT2D eigenvalue weighted by molar-refractivity contribution is 6.17. The molecular formula is C29H27NO. The molecule has 5 aromatic rings. The van der Waals surface area contributed by atoms with Crippen molar-refractivity contribution in [3.63, 3.8) is 0 Å². The van der Waals surface area contributed by atoms with Crippen molar-refractivity contribution in [2.45, 2.75) is 52.9 Å². The van der Waals surface area contributed by atoms with Gasteiger partial charge >= 0.3 is 0 Å². The van der Waals surface area contributed by atoms with Gasteiger partial charge in [0.05, 0.1) is 5.69 Å². The quantitative estimate of drug-likeness (QED) is 0.281. The van der Waals surface area contributed by atoms with Crippen molar-refractivity contribution in [3.05, 3.63) is 76.5 Å². The molecule has 2 nitrogen and oxygen atoms in total. The third kappa shape index (κ3) is 2.31. The number of nitrogens with zero attached hydrogens (tertiary/aromatic N) is 1. The highest BCUT2D eigenvalue weighted by Crippen LogP contribution is 2.52. The fraction of sp³-hybridized carbons (Fsp3) is 0.276. The minimum Gasteiger partial charge on any atom is -0.455 e. The molecule has 1 aliphatic rings. The smallest absolute Gasteiger partial charge is 0.139 e. The van der Waals surface area contributed by atoms with Crippen LogP contribution < -0.4 is 0 Å². The van der Waals surface area contributed by atoms with E-state index >= 15 is 0 Å². The number of aromatic nitrogens is 1. The Hall–Kier alpha value is -3.13. The first-order chi connectivity index (χ1) is 14.8. The molecule has 0 unspecified atom stereocenters. The Balaban J connectivity index is 1.92. The number of rotatable bonds is 1. The highest BCUT2D eigenvalue weighted by Gasteiger charge is 2.36. The van der Waals surface area contributed by atoms with Crippen LogP contribution in [0, 0.1) is 13.8 Å². The van der Waals surface area contributed by atoms with Crippen molar-refractivity contribution in [2.75, 3.05) is 0 Å². The Kier molecular flexibility index (Phi) is 3.59. The maximum absolute atomic E-state index is 6.62. The molecule has 0 fully saturated rings. The Morgan fingerprint density at radius 2 is 1.71 bits per heavy atom. The normalized spacial score (nSPS) is 14.7. The van der Waals surface area contributed by atoms with Gasteiger partial charge in [-0.25, -0.2) is 0 Å². The van der Waals surface area contributed by atoms with Crippen LogP contribution in [0.3, 0.4) is 0 Å². The lowest BCUT2D eigenvalue weighted by molar-refractivity contribution is 0.639. The monoisotopic (exact) mass is 405 g/mol. The van der Waals surface area contributed by atoms with Crippen LogP contribution in [-0.4, -0.2) is 4.98 Å². The summed E-state index contributed by atoms with van der Waals surface area (Å²) in [4.78, 5) is 5.05. The lowest BCUT2D eigenvalue weighted by Crippen LogP contribution is -2.21. The summed E-state index contributed by atoms with van der Waals surface area (Å²) >= 11 is 0. The Morgan fingerprint density at radius 1 is 0.903 bits per heavy atom. The largest absolute Gasteiger partial charge is 0.455 e. The van der Waals surface area contributed by atoms with E-state index in [1.165, 1.54) is 54.9 Å². The molecule has 2 heterocycles. The third-order valence-corrected chi connectivity index (χ3v) is 7.22. The Morgan fingerprint density at radius 3 is 2.48 bits per heavy atom. The third-order valence-electron chi connectivity index (χ3n) is 7.22. The number of benzene rings is 3. The van der Waals surface area contributed by atoms with Crippen LogP contribution in [-0.2, 0) is 5.41 Å². The van der Waals surface area contributed by atoms with Gasteiger partial charge in [0.15, 0.2) is 0 Å². The maximum atomic E-state index is 6.62. The predicted molar refractivity (Wildman–Crippen MR) is 130 cm³/mol. The van der Waals surface area contributed by atoms with E-state index in [0.717, 1.165) is 16.9 Å². The average Bonchev–Trinajstić information content (AvgIpc) is 3.10. The molecule has 2 heteroatoms. The zero-order chi connectivity index (χ0) is 21.7. The lowest BCUT2D eigenvalue weighted by atomic mass is 9.74. The summed E-state index contributed by atoms with van der Waals surface area (Å²) in [6.45, 7) is 13.5. The van der Waals surface area contributed by atoms with Crippen LogP contribution in [0.4, 0.5) is 0 Å². The molecule has 2 aromatic heterocycles. The summed E-state index contributed by atoms with van der Waals surface area (Å²) in [5.74, 6) is 0.397. The summed E-state index contributed by atoms with van der Waals surface area (Å²) in [7, 11) is 0. The second-order valence-electron chi connectivity index (χ2n) is 9.99. The van der Waals surface area contributed by atoms with Crippen molar-refractivity contribution in [1.29, 1.82) is 0 Å². The number of fused-ring (bicyclic) bond motifs is 4. The summed E-state index contributed by atoms with van der Waals surface area (Å²) in [6, 6.07) is 15.7. The van der Waals surface area contributed by atoms with Crippen LogP contribution in [0.2, 0.25) is 0 Å². The molecule has 0 saturated heterocycles. The Bertz CT molecular complexity index is 1550. The van der Waals surface area contributed by atoms with Gasteiger partial charge in [0.2, 0.25) is 0 Å². The number of hydrogen-bond acceptors (Lipinski definition) is 2. The van der Waals surface area contributed by atoms with E-state index < -0.39 is 0 Å². The van der Waals surface area contributed by atoms with Crippen molar-refractivity contribution >= 4 is 32.7 Å². The minimum absolute atomic E-state index is 0.215. The fourth-order valence-corrected chi connectivity index (χ4v) is 5.60. The van der Waals surface area contributed by atoms with Gasteiger partial charge in [-0.2, -0.15) is 0 Å². The lowest BCUT2D eigenvalue weighted by Gasteiger charge is -2.29. The van der Waals surface area contributed by atoms with Gasteiger partial charge in [0.1, 0.15) is 11.2 Å². The molecule has 0 aliphatic heterocycles. The molecule has 154 valence electrons. The van der Waals surface area contributed by atoms with E-state index in [1.807, 2.05) is 6.20 Å². The van der Waals surface area contributed by atoms with Crippen LogP contribution in [0.1, 0.15) is 61.4 Å². The minimum atomic E-state index is -0.215. The Labute approximate surface area is 182 Å². The van der Waals surface area contributed by atoms with E-state index in [9.17, 15) is 0 Å². The summed E-state index contributed by atoms with van der Waals surface area (Å²) in [5, 5.41) is 4.98. The summed E-state index contributed by atoms with van der Waals surface area (Å²) < 4.78 is 6.62. The molecule has 0 amide bonds. The fourth-order valence-electron chi connectivity index (χ4n) is 5.60. The summed E-state index contributed by atoms with van der Waals surface area (Å²) in [5.41, 5.74) is 10.5. The first-order valence-electron chi connectivity index (χ1n) is 11.2. The zero-order valence-corrected chi connectivity index (χ0v) is 19.1. The molecule has 31 heavy (non-hydrogen) atoms. The van der Waals surface area contributed by atoms with Crippen LogP contribution in [0.15, 0.2) is 53.1 Å². The number of aryl methyl sites for hydroxylation is 2. The first kappa shape index (κ1) is 18.6. The van der Waals surface area contributed by atoms with Crippen LogP contribution in [0.25, 0.3) is 44.0 Å². The van der Waals surface area contributed by atoms with E-state index in [0.29, 0.717) is 5.92 Å². The number of furan rings is 1. The van der Waals surface area contributed by atoms with Crippen LogP contribution in [0.5, 0.6) is 0 Å². The second-order valence-corrected chi connectivity index (χ2v) is 9.99. The van der Waals surface area contributed by atoms with Crippen molar-refractivity contribution in [2.24, 2.45) is 0 Å². The van der Waals surface area contributed by atoms with Crippen molar-refractivity contribution in [1.82, 2.24) is 4.98 Å². The van der Waals surface area contributed by atoms with E-state index in [2.05, 4.69) is 84.0 Å². The zero-order valence-electron chi connectivity index (χ0n) is 19.1. The van der Waals surface area contributed by atoms with Crippen molar-refractivity contribution in [3.8, 4) is 11.3 Å². The molecule has 3 aromatic carbocycles. The first-order valence-corrected chi connectivity index (χ1v) is 11.2. The molecule has 1 aliphatic carbocycles. The molecule has 0 bridgehead atoms. The average molecular weight is 406 g/mol. The van der Waals surface area contributed by atoms with Crippen LogP contribution >= 0.6 is 0 Å². The predicted octanol–water partition coefficient (Wildman–Crippen LogP) is 8.18. The van der Waals surface area contributed by atoms with Gasteiger partial charge in [0, 0.05) is 33.3 Å². The van der Waals surface area contributed by atoms with Gasteiger partial charge in [-0.15, -0.1) is 0 Å². The van der Waals surface area contributed by atoms with Gasteiger partial charge in [0.25, 0.3) is 0 Å². The SMILES string of the molecule is Cc1ccc2cnc3c(c2c1)C(C)(C)c1ccc(C(C)C)c2oc4c(C)ccc-3c4c12. The molecule has 0 saturated carbocycles. The van der Waals surface area contributed by atoms with Gasteiger partial charge in [-0.1, -0.05) is 75.7 Å². The van der Waals surface area contributed by atoms with Gasteiger partial charge < -0.3 is 4.42 Å². The van der Waals surface area contributed by atoms with Gasteiger partial charge in [-0.05, 0) is 47.4 Å².